The molecule has 14 heteroatoms. The van der Waals surface area contributed by atoms with Crippen LogP contribution in [0.3, 0.4) is 0 Å². The summed E-state index contributed by atoms with van der Waals surface area (Å²) in [6.07, 6.45) is 1.13. The third kappa shape index (κ3) is 5.96. The molecule has 0 aliphatic carbocycles. The molecule has 3 heterocycles. The molecule has 0 saturated carbocycles. The van der Waals surface area contributed by atoms with Crippen molar-refractivity contribution in [3.63, 3.8) is 0 Å². The Bertz CT molecular complexity index is 1590. The number of carbonyl (C=O) groups is 2. The van der Waals surface area contributed by atoms with Gasteiger partial charge in [0, 0.05) is 66.8 Å². The van der Waals surface area contributed by atoms with Gasteiger partial charge < -0.3 is 29.3 Å². The molecule has 5 rings (SSSR count). The molecule has 1 fully saturated rings. The second-order valence-corrected chi connectivity index (χ2v) is 10.7. The summed E-state index contributed by atoms with van der Waals surface area (Å²) in [5.74, 6) is 0.788. The number of amides is 2. The Kier molecular flexibility index (Phi) is 9.05. The summed E-state index contributed by atoms with van der Waals surface area (Å²) in [5, 5.41) is 5.18. The summed E-state index contributed by atoms with van der Waals surface area (Å²) in [7, 11) is 2.96. The molecule has 0 radical (unpaired) electrons. The summed E-state index contributed by atoms with van der Waals surface area (Å²) in [5.41, 5.74) is 2.84. The molecule has 1 aliphatic rings. The Labute approximate surface area is 256 Å². The average Bonchev–Trinajstić information content (AvgIpc) is 3.46. The Morgan fingerprint density at radius 1 is 1.07 bits per heavy atom. The van der Waals surface area contributed by atoms with Gasteiger partial charge in [-0.15, -0.1) is 11.3 Å². The molecule has 2 aromatic heterocycles. The standard InChI is InChI=1S/C28H28Cl2N6O5S/c1-4-41-28(38)35-11-9-34(10-12-35)18-7-5-17(6-8-18)33-26-25-24(31-16-32-26)20(15-42-25)27(37)36(30)21-13-19(39-2)14-22(40-3)23(21)29/h5-8,13-16H,4,9-12H2,1-3H3,(H,31,32,33). The zero-order valence-corrected chi connectivity index (χ0v) is 25.4. The third-order valence-corrected chi connectivity index (χ3v) is 8.42. The summed E-state index contributed by atoms with van der Waals surface area (Å²) >= 11 is 14.3. The van der Waals surface area contributed by atoms with Gasteiger partial charge in [0.15, 0.2) is 5.82 Å². The fraction of sp³-hybridized carbons (Fsp3) is 0.286. The molecule has 42 heavy (non-hydrogen) atoms. The molecule has 0 bridgehead atoms. The molecule has 0 atom stereocenters. The van der Waals surface area contributed by atoms with Gasteiger partial charge in [-0.2, -0.15) is 0 Å². The van der Waals surface area contributed by atoms with E-state index in [1.165, 1.54) is 31.9 Å². The number of carbonyl (C=O) groups excluding carboxylic acids is 2. The van der Waals surface area contributed by atoms with E-state index < -0.39 is 5.91 Å². The van der Waals surface area contributed by atoms with Gasteiger partial charge in [-0.1, -0.05) is 11.6 Å². The maximum Gasteiger partial charge on any atom is 0.409 e. The van der Waals surface area contributed by atoms with Crippen molar-refractivity contribution in [1.29, 1.82) is 0 Å². The Morgan fingerprint density at radius 2 is 1.81 bits per heavy atom. The first-order chi connectivity index (χ1) is 20.3. The number of piperazine rings is 1. The van der Waals surface area contributed by atoms with Crippen LogP contribution < -0.4 is 24.1 Å². The number of halogens is 2. The van der Waals surface area contributed by atoms with Crippen LogP contribution in [0.1, 0.15) is 17.3 Å². The lowest BCUT2D eigenvalue weighted by Crippen LogP contribution is -2.49. The van der Waals surface area contributed by atoms with Gasteiger partial charge in [0.1, 0.15) is 22.8 Å². The first kappa shape index (κ1) is 29.5. The van der Waals surface area contributed by atoms with E-state index in [2.05, 4.69) is 20.2 Å². The van der Waals surface area contributed by atoms with Gasteiger partial charge in [0.05, 0.1) is 42.3 Å². The van der Waals surface area contributed by atoms with E-state index >= 15 is 0 Å². The lowest BCUT2D eigenvalue weighted by molar-refractivity contribution is 0.101. The minimum Gasteiger partial charge on any atom is -0.497 e. The van der Waals surface area contributed by atoms with E-state index in [1.807, 2.05) is 24.3 Å². The lowest BCUT2D eigenvalue weighted by atomic mass is 10.2. The molecule has 1 N–H and O–H groups in total. The summed E-state index contributed by atoms with van der Waals surface area (Å²) in [6, 6.07) is 11.1. The second-order valence-electron chi connectivity index (χ2n) is 9.14. The Hall–Kier alpha value is -4.00. The molecular weight excluding hydrogens is 603 g/mol. The maximum atomic E-state index is 13.5. The number of benzene rings is 2. The smallest absolute Gasteiger partial charge is 0.409 e. The van der Waals surface area contributed by atoms with Crippen LogP contribution in [0.15, 0.2) is 48.1 Å². The third-order valence-electron chi connectivity index (χ3n) is 6.72. The monoisotopic (exact) mass is 630 g/mol. The summed E-state index contributed by atoms with van der Waals surface area (Å²) < 4.78 is 17.3. The number of hydrogen-bond donors (Lipinski definition) is 1. The van der Waals surface area contributed by atoms with Gasteiger partial charge in [-0.05, 0) is 31.2 Å². The highest BCUT2D eigenvalue weighted by Gasteiger charge is 2.26. The van der Waals surface area contributed by atoms with Gasteiger partial charge in [-0.3, -0.25) is 4.79 Å². The van der Waals surface area contributed by atoms with Crippen LogP contribution in [-0.4, -0.2) is 73.9 Å². The number of ether oxygens (including phenoxy) is 3. The summed E-state index contributed by atoms with van der Waals surface area (Å²) in [6.45, 7) is 4.82. The van der Waals surface area contributed by atoms with Crippen molar-refractivity contribution in [2.75, 3.05) is 61.6 Å². The number of thiophene rings is 1. The van der Waals surface area contributed by atoms with Gasteiger partial charge in [0.2, 0.25) is 0 Å². The van der Waals surface area contributed by atoms with Crippen molar-refractivity contribution >= 4 is 79.8 Å². The largest absolute Gasteiger partial charge is 0.497 e. The maximum absolute atomic E-state index is 13.5. The van der Waals surface area contributed by atoms with Crippen LogP contribution in [0.2, 0.25) is 5.02 Å². The Morgan fingerprint density at radius 3 is 2.48 bits per heavy atom. The number of methoxy groups -OCH3 is 2. The topological polar surface area (TPSA) is 109 Å². The zero-order chi connectivity index (χ0) is 29.8. The molecule has 1 saturated heterocycles. The molecule has 0 unspecified atom stereocenters. The minimum atomic E-state index is -0.517. The molecule has 2 aromatic carbocycles. The molecule has 0 spiro atoms. The summed E-state index contributed by atoms with van der Waals surface area (Å²) in [4.78, 5) is 38.2. The molecule has 4 aromatic rings. The van der Waals surface area contributed by atoms with Crippen molar-refractivity contribution in [1.82, 2.24) is 14.9 Å². The van der Waals surface area contributed by atoms with E-state index in [4.69, 9.17) is 37.6 Å². The highest BCUT2D eigenvalue weighted by atomic mass is 35.5. The second kappa shape index (κ2) is 12.9. The van der Waals surface area contributed by atoms with Crippen molar-refractivity contribution in [3.05, 3.63) is 58.7 Å². The van der Waals surface area contributed by atoms with E-state index in [0.717, 1.165) is 28.9 Å². The van der Waals surface area contributed by atoms with Gasteiger partial charge >= 0.3 is 6.09 Å². The van der Waals surface area contributed by atoms with E-state index in [0.29, 0.717) is 52.8 Å². The number of rotatable bonds is 8. The quantitative estimate of drug-likeness (QED) is 0.228. The van der Waals surface area contributed by atoms with Gasteiger partial charge in [-0.25, -0.2) is 19.2 Å². The van der Waals surface area contributed by atoms with E-state index in [-0.39, 0.29) is 16.8 Å². The van der Waals surface area contributed by atoms with Crippen LogP contribution in [-0.2, 0) is 4.74 Å². The highest BCUT2D eigenvalue weighted by molar-refractivity contribution is 7.18. The number of nitrogens with zero attached hydrogens (tertiary/aromatic N) is 5. The highest BCUT2D eigenvalue weighted by Crippen LogP contribution is 2.41. The Balaban J connectivity index is 1.31. The fourth-order valence-corrected chi connectivity index (χ4v) is 6.01. The van der Waals surface area contributed by atoms with Crippen LogP contribution in [0.5, 0.6) is 11.5 Å². The molecular formula is C28H28Cl2N6O5S. The number of nitrogens with one attached hydrogen (secondary N) is 1. The van der Waals surface area contributed by atoms with Crippen LogP contribution >= 0.6 is 34.7 Å². The first-order valence-electron chi connectivity index (χ1n) is 13.0. The van der Waals surface area contributed by atoms with Crippen LogP contribution in [0.25, 0.3) is 10.2 Å². The van der Waals surface area contributed by atoms with E-state index in [9.17, 15) is 9.59 Å². The van der Waals surface area contributed by atoms with Gasteiger partial charge in [0.25, 0.3) is 5.91 Å². The van der Waals surface area contributed by atoms with Crippen molar-refractivity contribution in [3.8, 4) is 11.5 Å². The number of fused-ring (bicyclic) bond motifs is 1. The van der Waals surface area contributed by atoms with Crippen molar-refractivity contribution in [2.24, 2.45) is 0 Å². The van der Waals surface area contributed by atoms with E-state index in [1.54, 1.807) is 29.3 Å². The molecule has 2 amide bonds. The fourth-order valence-electron chi connectivity index (χ4n) is 4.53. The normalized spacial score (nSPS) is 13.2. The SMILES string of the molecule is CCOC(=O)N1CCN(c2ccc(Nc3ncnc4c(C(=O)N(Cl)c5cc(OC)cc(OC)c5Cl)csc34)cc2)CC1. The van der Waals surface area contributed by atoms with Crippen LogP contribution in [0, 0.1) is 0 Å². The van der Waals surface area contributed by atoms with Crippen LogP contribution in [0.4, 0.5) is 27.7 Å². The molecule has 11 nitrogen and oxygen atoms in total. The average molecular weight is 632 g/mol. The minimum absolute atomic E-state index is 0.169. The first-order valence-corrected chi connectivity index (χ1v) is 14.6. The lowest BCUT2D eigenvalue weighted by Gasteiger charge is -2.35. The zero-order valence-electron chi connectivity index (χ0n) is 23.1. The predicted molar refractivity (Wildman–Crippen MR) is 165 cm³/mol. The van der Waals surface area contributed by atoms with Crippen molar-refractivity contribution < 1.29 is 23.8 Å². The molecule has 1 aliphatic heterocycles. The number of hydrogen-bond acceptors (Lipinski definition) is 10. The number of anilines is 4. The molecule has 220 valence electrons. The van der Waals surface area contributed by atoms with Crippen molar-refractivity contribution in [2.45, 2.75) is 6.92 Å². The predicted octanol–water partition coefficient (Wildman–Crippen LogP) is 6.18. The number of aromatic nitrogens is 2.